The van der Waals surface area contributed by atoms with Crippen molar-refractivity contribution in [1.29, 1.82) is 5.41 Å². The zero-order chi connectivity index (χ0) is 18.1. The summed E-state index contributed by atoms with van der Waals surface area (Å²) in [4.78, 5) is 14.9. The lowest BCUT2D eigenvalue weighted by Crippen LogP contribution is -2.17. The summed E-state index contributed by atoms with van der Waals surface area (Å²) in [5.41, 5.74) is 7.35. The van der Waals surface area contributed by atoms with Crippen LogP contribution in [0.4, 0.5) is 0 Å². The Morgan fingerprint density at radius 3 is 2.64 bits per heavy atom. The lowest BCUT2D eigenvalue weighted by molar-refractivity contribution is 0.412. The maximum absolute atomic E-state index is 12.2. The molecule has 0 spiro atoms. The summed E-state index contributed by atoms with van der Waals surface area (Å²) in [5, 5.41) is 19.9. The second-order valence-electron chi connectivity index (χ2n) is 6.73. The first-order chi connectivity index (χ1) is 11.8. The van der Waals surface area contributed by atoms with Gasteiger partial charge < -0.3 is 15.8 Å². The highest BCUT2D eigenvalue weighted by atomic mass is 16.3. The number of amidine groups is 1. The number of nitrogen functional groups attached to an aromatic ring is 1. The van der Waals surface area contributed by atoms with Crippen LogP contribution in [0.25, 0.3) is 10.8 Å². The molecule has 5 N–H and O–H groups in total. The highest BCUT2D eigenvalue weighted by Crippen LogP contribution is 2.21. The van der Waals surface area contributed by atoms with Crippen LogP contribution in [0.2, 0.25) is 0 Å². The van der Waals surface area contributed by atoms with Gasteiger partial charge in [-0.1, -0.05) is 38.1 Å². The predicted octanol–water partition coefficient (Wildman–Crippen LogP) is 2.57. The molecule has 0 fully saturated rings. The second-order valence-corrected chi connectivity index (χ2v) is 6.73. The Morgan fingerprint density at radius 2 is 1.96 bits per heavy atom. The van der Waals surface area contributed by atoms with Crippen LogP contribution in [0.3, 0.4) is 0 Å². The number of nitrogens with one attached hydrogen (secondary N) is 2. The van der Waals surface area contributed by atoms with Gasteiger partial charge in [-0.05, 0) is 40.8 Å². The molecular weight excluding hydrogens is 316 g/mol. The lowest BCUT2D eigenvalue weighted by Gasteiger charge is -2.08. The average molecular weight is 338 g/mol. The molecule has 3 aromatic rings. The number of aromatic amines is 1. The molecule has 0 radical (unpaired) electrons. The molecule has 6 heteroatoms. The van der Waals surface area contributed by atoms with Crippen molar-refractivity contribution in [2.45, 2.75) is 26.8 Å². The van der Waals surface area contributed by atoms with Gasteiger partial charge in [0.05, 0.1) is 12.2 Å². The van der Waals surface area contributed by atoms with E-state index in [1.165, 1.54) is 4.57 Å². The van der Waals surface area contributed by atoms with Crippen LogP contribution in [0.15, 0.2) is 41.2 Å². The van der Waals surface area contributed by atoms with Crippen LogP contribution >= 0.6 is 0 Å². The highest BCUT2D eigenvalue weighted by Gasteiger charge is 2.14. The molecule has 0 saturated carbocycles. The summed E-state index contributed by atoms with van der Waals surface area (Å²) in [5.74, 6) is 0.351. The van der Waals surface area contributed by atoms with Crippen molar-refractivity contribution in [3.05, 3.63) is 63.7 Å². The molecule has 25 heavy (non-hydrogen) atoms. The first kappa shape index (κ1) is 16.8. The van der Waals surface area contributed by atoms with Gasteiger partial charge in [-0.2, -0.15) is 0 Å². The zero-order valence-electron chi connectivity index (χ0n) is 14.3. The molecule has 0 amide bonds. The average Bonchev–Trinajstić information content (AvgIpc) is 2.81. The Kier molecular flexibility index (Phi) is 4.35. The summed E-state index contributed by atoms with van der Waals surface area (Å²) in [6.45, 7) is 4.34. The third kappa shape index (κ3) is 3.42. The second kappa shape index (κ2) is 6.47. The smallest absolute Gasteiger partial charge is 0.328 e. The number of H-pyrrole nitrogens is 1. The summed E-state index contributed by atoms with van der Waals surface area (Å²) >= 11 is 0. The van der Waals surface area contributed by atoms with Crippen molar-refractivity contribution < 1.29 is 5.11 Å². The number of rotatable bonds is 5. The molecule has 6 nitrogen and oxygen atoms in total. The quantitative estimate of drug-likeness (QED) is 0.424. The number of hydrogen-bond donors (Lipinski definition) is 4. The van der Waals surface area contributed by atoms with Crippen molar-refractivity contribution >= 4 is 16.6 Å². The number of aromatic nitrogens is 2. The number of nitrogens with two attached hydrogens (primary N) is 1. The van der Waals surface area contributed by atoms with Gasteiger partial charge in [0, 0.05) is 5.56 Å². The van der Waals surface area contributed by atoms with E-state index in [-0.39, 0.29) is 24.0 Å². The topological polar surface area (TPSA) is 108 Å². The van der Waals surface area contributed by atoms with E-state index >= 15 is 0 Å². The summed E-state index contributed by atoms with van der Waals surface area (Å²) in [7, 11) is 0. The van der Waals surface area contributed by atoms with Gasteiger partial charge in [0.25, 0.3) is 0 Å². The van der Waals surface area contributed by atoms with Gasteiger partial charge in [0.2, 0.25) is 5.88 Å². The van der Waals surface area contributed by atoms with Crippen LogP contribution < -0.4 is 11.4 Å². The Morgan fingerprint density at radius 1 is 1.24 bits per heavy atom. The molecule has 1 aromatic heterocycles. The first-order valence-electron chi connectivity index (χ1n) is 8.23. The molecule has 0 aliphatic rings. The molecule has 0 saturated heterocycles. The van der Waals surface area contributed by atoms with Crippen LogP contribution in [-0.2, 0) is 13.0 Å². The highest BCUT2D eigenvalue weighted by molar-refractivity contribution is 5.99. The zero-order valence-corrected chi connectivity index (χ0v) is 14.3. The molecule has 0 bridgehead atoms. The standard InChI is InChI=1S/C19H22N4O2/c1-11(2)7-16-18(24)23(19(25)22-16)10-12-3-4-13-5-6-14(17(20)21)9-15(13)8-12/h3-6,8-9,11,24H,7,10H2,1-2H3,(H3,20,21)(H,22,25). The van der Waals surface area contributed by atoms with Gasteiger partial charge in [-0.15, -0.1) is 0 Å². The van der Waals surface area contributed by atoms with E-state index in [9.17, 15) is 9.90 Å². The molecule has 0 atom stereocenters. The minimum Gasteiger partial charge on any atom is -0.493 e. The van der Waals surface area contributed by atoms with Crippen molar-refractivity contribution in [3.63, 3.8) is 0 Å². The van der Waals surface area contributed by atoms with E-state index in [0.29, 0.717) is 23.6 Å². The van der Waals surface area contributed by atoms with Crippen LogP contribution in [0.1, 0.15) is 30.7 Å². The molecule has 3 rings (SSSR count). The fraction of sp³-hybridized carbons (Fsp3) is 0.263. The minimum atomic E-state index is -0.314. The molecule has 2 aromatic carbocycles. The third-order valence-electron chi connectivity index (χ3n) is 4.20. The van der Waals surface area contributed by atoms with Crippen molar-refractivity contribution in [2.75, 3.05) is 0 Å². The van der Waals surface area contributed by atoms with E-state index in [0.717, 1.165) is 16.3 Å². The Balaban J connectivity index is 1.96. The summed E-state index contributed by atoms with van der Waals surface area (Å²) < 4.78 is 1.34. The van der Waals surface area contributed by atoms with Gasteiger partial charge in [0.1, 0.15) is 5.84 Å². The minimum absolute atomic E-state index is 0.00344. The van der Waals surface area contributed by atoms with Crippen molar-refractivity contribution in [3.8, 4) is 5.88 Å². The number of aromatic hydroxyl groups is 1. The lowest BCUT2D eigenvalue weighted by atomic mass is 10.0. The number of benzene rings is 2. The first-order valence-corrected chi connectivity index (χ1v) is 8.23. The maximum Gasteiger partial charge on any atom is 0.328 e. The molecule has 1 heterocycles. The SMILES string of the molecule is CC(C)Cc1[nH]c(=O)n(Cc2ccc3ccc(C(=N)N)cc3c2)c1O. The van der Waals surface area contributed by atoms with E-state index in [1.54, 1.807) is 0 Å². The Bertz CT molecular complexity index is 998. The summed E-state index contributed by atoms with van der Waals surface area (Å²) in [6, 6.07) is 11.4. The number of hydrogen-bond acceptors (Lipinski definition) is 3. The fourth-order valence-electron chi connectivity index (χ4n) is 2.95. The Hall–Kier alpha value is -3.02. The molecule has 0 aliphatic heterocycles. The van der Waals surface area contributed by atoms with Gasteiger partial charge >= 0.3 is 5.69 Å². The monoisotopic (exact) mass is 338 g/mol. The van der Waals surface area contributed by atoms with Crippen LogP contribution in [0, 0.1) is 11.3 Å². The molecular formula is C19H22N4O2. The van der Waals surface area contributed by atoms with Gasteiger partial charge in [0.15, 0.2) is 0 Å². The van der Waals surface area contributed by atoms with Crippen LogP contribution in [-0.4, -0.2) is 20.5 Å². The van der Waals surface area contributed by atoms with Crippen molar-refractivity contribution in [1.82, 2.24) is 9.55 Å². The van der Waals surface area contributed by atoms with Gasteiger partial charge in [-0.25, -0.2) is 4.79 Å². The summed E-state index contributed by atoms with van der Waals surface area (Å²) in [6.07, 6.45) is 0.619. The van der Waals surface area contributed by atoms with E-state index in [4.69, 9.17) is 11.1 Å². The van der Waals surface area contributed by atoms with E-state index in [1.807, 2.05) is 50.2 Å². The van der Waals surface area contributed by atoms with E-state index in [2.05, 4.69) is 4.98 Å². The third-order valence-corrected chi connectivity index (χ3v) is 4.20. The normalized spacial score (nSPS) is 11.3. The molecule has 0 aliphatic carbocycles. The fourth-order valence-corrected chi connectivity index (χ4v) is 2.95. The largest absolute Gasteiger partial charge is 0.493 e. The molecule has 130 valence electrons. The number of fused-ring (bicyclic) bond motifs is 1. The Labute approximate surface area is 145 Å². The number of nitrogens with zero attached hydrogens (tertiary/aromatic N) is 1. The predicted molar refractivity (Wildman–Crippen MR) is 99.3 cm³/mol. The van der Waals surface area contributed by atoms with Crippen molar-refractivity contribution in [2.24, 2.45) is 11.7 Å². The van der Waals surface area contributed by atoms with Crippen LogP contribution in [0.5, 0.6) is 5.88 Å². The number of imidazole rings is 1. The maximum atomic E-state index is 12.2. The van der Waals surface area contributed by atoms with E-state index < -0.39 is 0 Å². The molecule has 0 unspecified atom stereocenters. The van der Waals surface area contributed by atoms with Gasteiger partial charge in [-0.3, -0.25) is 9.98 Å².